The second-order valence-electron chi connectivity index (χ2n) is 1.23. The maximum atomic E-state index is 10.4. The molecule has 0 unspecified atom stereocenters. The second-order valence-corrected chi connectivity index (χ2v) is 1.69. The van der Waals surface area contributed by atoms with E-state index in [9.17, 15) is 4.79 Å². The van der Waals surface area contributed by atoms with Crippen LogP contribution in [0.1, 0.15) is 0 Å². The Bertz CT molecular complexity index is 103. The predicted molar refractivity (Wildman–Crippen MR) is 34.6 cm³/mol. The molecular formula is C4H12N2O5Pt. The molecule has 0 heterocycles. The van der Waals surface area contributed by atoms with Crippen LogP contribution in [-0.4, -0.2) is 34.2 Å². The van der Waals surface area contributed by atoms with Gasteiger partial charge in [-0.3, -0.25) is 4.84 Å². The molecule has 78 valence electrons. The molecule has 0 saturated heterocycles. The molecule has 12 heavy (non-hydrogen) atoms. The molecule has 0 rings (SSSR count). The van der Waals surface area contributed by atoms with Crippen molar-refractivity contribution in [1.82, 2.24) is 11.0 Å². The Balaban J connectivity index is 0. The first-order chi connectivity index (χ1) is 5.72. The number of hydrogen-bond donors (Lipinski definition) is 4. The molecule has 4 N–H and O–H groups in total. The van der Waals surface area contributed by atoms with Gasteiger partial charge in [0.25, 0.3) is 0 Å². The zero-order chi connectivity index (χ0) is 9.82. The van der Waals surface area contributed by atoms with Gasteiger partial charge in [0.1, 0.15) is 0 Å². The summed E-state index contributed by atoms with van der Waals surface area (Å²) in [5, 5.41) is 0. The van der Waals surface area contributed by atoms with Crippen LogP contribution in [0.5, 0.6) is 0 Å². The van der Waals surface area contributed by atoms with Crippen molar-refractivity contribution in [3.05, 3.63) is 0 Å². The third kappa shape index (κ3) is 16.5. The summed E-state index contributed by atoms with van der Waals surface area (Å²) >= 11 is -1.42. The first kappa shape index (κ1) is 14.5. The number of carbonyl (C=O) groups is 1. The molecule has 0 aromatic carbocycles. The van der Waals surface area contributed by atoms with Gasteiger partial charge in [-0.05, 0) is 0 Å². The fourth-order valence-electron chi connectivity index (χ4n) is 0.274. The molecule has 7 nitrogen and oxygen atoms in total. The summed E-state index contributed by atoms with van der Waals surface area (Å²) in [5.41, 5.74) is 4.55. The first-order valence-electron chi connectivity index (χ1n) is 2.74. The van der Waals surface area contributed by atoms with E-state index in [0.717, 1.165) is 0 Å². The van der Waals surface area contributed by atoms with Crippen LogP contribution in [0.15, 0.2) is 0 Å². The Hall–Kier alpha value is -0.0417. The van der Waals surface area contributed by atoms with Gasteiger partial charge in [-0.25, -0.2) is 10.3 Å². The van der Waals surface area contributed by atoms with E-state index in [2.05, 4.69) is 20.6 Å². The van der Waals surface area contributed by atoms with Crippen LogP contribution < -0.4 is 11.0 Å². The minimum atomic E-state index is -1.42. The standard InChI is InChI=1S/C4H10N2O3.2H2O.Pt/c1-5-8-3-4(7)9-6-2;;;/h5-6H,3H2,1-2H3;2*1H2;/q;;;+2/p-2. The molecule has 0 aromatic heterocycles. The van der Waals surface area contributed by atoms with Crippen molar-refractivity contribution >= 4 is 5.97 Å². The Labute approximate surface area is 79.4 Å². The van der Waals surface area contributed by atoms with E-state index >= 15 is 0 Å². The molecule has 0 radical (unpaired) electrons. The Morgan fingerprint density at radius 2 is 1.92 bits per heavy atom. The van der Waals surface area contributed by atoms with Crippen LogP contribution in [0.4, 0.5) is 0 Å². The van der Waals surface area contributed by atoms with E-state index < -0.39 is 25.3 Å². The number of hydrogen-bond acceptors (Lipinski definition) is 7. The molecule has 0 amide bonds. The van der Waals surface area contributed by atoms with Gasteiger partial charge in [0.15, 0.2) is 6.61 Å². The van der Waals surface area contributed by atoms with Gasteiger partial charge in [-0.15, -0.1) is 0 Å². The van der Waals surface area contributed by atoms with Gasteiger partial charge in [0.05, 0.1) is 0 Å². The van der Waals surface area contributed by atoms with Crippen LogP contribution in [0.3, 0.4) is 0 Å². The number of rotatable bonds is 4. The molecule has 8 heteroatoms. The van der Waals surface area contributed by atoms with E-state index in [1.54, 1.807) is 7.05 Å². The van der Waals surface area contributed by atoms with Crippen molar-refractivity contribution < 1.29 is 41.3 Å². The number of carbonyl (C=O) groups excluding carboxylic acids is 1. The molecular weight excluding hydrogens is 351 g/mol. The number of nitrogens with one attached hydrogen (secondary N) is 2. The molecule has 0 aliphatic carbocycles. The molecule has 0 bridgehead atoms. The van der Waals surface area contributed by atoms with Gasteiger partial charge in [-0.2, -0.15) is 5.48 Å². The van der Waals surface area contributed by atoms with Gasteiger partial charge >= 0.3 is 32.8 Å². The van der Waals surface area contributed by atoms with Gasteiger partial charge in [-0.1, -0.05) is 0 Å². The third-order valence-corrected chi connectivity index (χ3v) is 0.550. The third-order valence-electron chi connectivity index (χ3n) is 0.550. The topological polar surface area (TPSA) is 100 Å². The minimum absolute atomic E-state index is 0.0999. The van der Waals surface area contributed by atoms with Gasteiger partial charge in [0.2, 0.25) is 0 Å². The normalized spacial score (nSPS) is 8.67. The van der Waals surface area contributed by atoms with Crippen molar-refractivity contribution in [2.45, 2.75) is 0 Å². The number of hydroxylamine groups is 2. The van der Waals surface area contributed by atoms with Crippen molar-refractivity contribution in [3.8, 4) is 0 Å². The fraction of sp³-hybridized carbons (Fsp3) is 0.750. The quantitative estimate of drug-likeness (QED) is 0.417. The maximum absolute atomic E-state index is 10.4. The van der Waals surface area contributed by atoms with Crippen molar-refractivity contribution in [3.63, 3.8) is 0 Å². The summed E-state index contributed by atoms with van der Waals surface area (Å²) in [6, 6.07) is 0. The summed E-state index contributed by atoms with van der Waals surface area (Å²) < 4.78 is 14.5. The summed E-state index contributed by atoms with van der Waals surface area (Å²) in [4.78, 5) is 19.1. The summed E-state index contributed by atoms with van der Waals surface area (Å²) in [6.45, 7) is -0.0999. The molecule has 0 atom stereocenters. The molecule has 0 saturated carbocycles. The average Bonchev–Trinajstić information content (AvgIpc) is 2.03. The van der Waals surface area contributed by atoms with E-state index in [4.69, 9.17) is 7.52 Å². The van der Waals surface area contributed by atoms with Crippen LogP contribution in [0.25, 0.3) is 0 Å². The molecule has 0 aliphatic heterocycles. The van der Waals surface area contributed by atoms with E-state index in [-0.39, 0.29) is 6.61 Å². The SMILES string of the molecule is CNOCC(=O)ONC.[OH][Pt][OH]. The van der Waals surface area contributed by atoms with Crippen LogP contribution in [0.2, 0.25) is 0 Å². The molecule has 0 spiro atoms. The van der Waals surface area contributed by atoms with Crippen LogP contribution in [0, 0.1) is 0 Å². The van der Waals surface area contributed by atoms with Crippen molar-refractivity contribution in [2.75, 3.05) is 20.7 Å². The van der Waals surface area contributed by atoms with E-state index in [1.807, 2.05) is 0 Å². The van der Waals surface area contributed by atoms with Crippen LogP contribution >= 0.6 is 0 Å². The Kier molecular flexibility index (Phi) is 16.3. The second kappa shape index (κ2) is 13.5. The monoisotopic (exact) mass is 363 g/mol. The van der Waals surface area contributed by atoms with Crippen molar-refractivity contribution in [1.29, 1.82) is 0 Å². The summed E-state index contributed by atoms with van der Waals surface area (Å²) in [7, 11) is 3.06. The average molecular weight is 363 g/mol. The van der Waals surface area contributed by atoms with Gasteiger partial charge in [0, 0.05) is 14.1 Å². The molecule has 0 fully saturated rings. The molecule has 0 aliphatic rings. The zero-order valence-corrected chi connectivity index (χ0v) is 8.91. The summed E-state index contributed by atoms with van der Waals surface area (Å²) in [5.74, 6) is -0.466. The van der Waals surface area contributed by atoms with Crippen molar-refractivity contribution in [2.24, 2.45) is 0 Å². The Morgan fingerprint density at radius 1 is 1.42 bits per heavy atom. The Morgan fingerprint density at radius 3 is 2.25 bits per heavy atom. The van der Waals surface area contributed by atoms with E-state index in [1.165, 1.54) is 7.05 Å². The van der Waals surface area contributed by atoms with Gasteiger partial charge < -0.3 is 4.84 Å². The van der Waals surface area contributed by atoms with Crippen LogP contribution in [-0.2, 0) is 33.8 Å². The zero-order valence-electron chi connectivity index (χ0n) is 6.64. The summed E-state index contributed by atoms with van der Waals surface area (Å²) in [6.07, 6.45) is 0. The predicted octanol–water partition coefficient (Wildman–Crippen LogP) is -2.30. The fourth-order valence-corrected chi connectivity index (χ4v) is 0.274. The first-order valence-corrected chi connectivity index (χ1v) is 4.77. The molecule has 0 aromatic rings. The van der Waals surface area contributed by atoms with E-state index in [0.29, 0.717) is 0 Å².